The third-order valence-corrected chi connectivity index (χ3v) is 4.90. The van der Waals surface area contributed by atoms with Crippen LogP contribution in [-0.4, -0.2) is 16.8 Å². The van der Waals surface area contributed by atoms with Crippen LogP contribution in [0.4, 0.5) is 11.4 Å². The number of amides is 2. The molecule has 148 valence electrons. The van der Waals surface area contributed by atoms with Gasteiger partial charge in [-0.15, -0.1) is 0 Å². The van der Waals surface area contributed by atoms with Gasteiger partial charge in [-0.05, 0) is 55.8 Å². The Morgan fingerprint density at radius 3 is 2.13 bits per heavy atom. The largest absolute Gasteiger partial charge is 0.322 e. The zero-order valence-electron chi connectivity index (χ0n) is 16.8. The Morgan fingerprint density at radius 2 is 1.40 bits per heavy atom. The molecule has 0 saturated carbocycles. The molecule has 0 aliphatic rings. The first-order chi connectivity index (χ1) is 14.5. The Morgan fingerprint density at radius 1 is 0.733 bits per heavy atom. The number of nitrogens with zero attached hydrogens (tertiary/aromatic N) is 1. The second kappa shape index (κ2) is 8.17. The van der Waals surface area contributed by atoms with Crippen LogP contribution < -0.4 is 10.6 Å². The van der Waals surface area contributed by atoms with Crippen molar-refractivity contribution < 1.29 is 9.59 Å². The molecule has 4 rings (SSSR count). The summed E-state index contributed by atoms with van der Waals surface area (Å²) in [5.41, 5.74) is 5.03. The fraction of sp³-hybridized carbons (Fsp3) is 0.0800. The van der Waals surface area contributed by atoms with Gasteiger partial charge in [0.2, 0.25) is 0 Å². The van der Waals surface area contributed by atoms with Crippen LogP contribution in [0.1, 0.15) is 31.8 Å². The molecule has 0 radical (unpaired) electrons. The lowest BCUT2D eigenvalue weighted by molar-refractivity contribution is 0.102. The van der Waals surface area contributed by atoms with Crippen LogP contribution in [0, 0.1) is 13.8 Å². The number of aryl methyl sites for hydroxylation is 2. The predicted octanol–water partition coefficient (Wildman–Crippen LogP) is 5.36. The van der Waals surface area contributed by atoms with Crippen LogP contribution in [0.15, 0.2) is 79.0 Å². The fourth-order valence-electron chi connectivity index (χ4n) is 3.35. The number of aromatic nitrogens is 1. The number of benzene rings is 3. The number of fused-ring (bicyclic) bond motifs is 1. The number of carbonyl (C=O) groups is 2. The highest BCUT2D eigenvalue weighted by Gasteiger charge is 2.13. The van der Waals surface area contributed by atoms with E-state index < -0.39 is 0 Å². The molecule has 1 heterocycles. The predicted molar refractivity (Wildman–Crippen MR) is 120 cm³/mol. The Hall–Kier alpha value is -3.99. The number of para-hydroxylation sites is 1. The molecule has 0 saturated heterocycles. The molecule has 0 bridgehead atoms. The van der Waals surface area contributed by atoms with Crippen molar-refractivity contribution in [3.8, 4) is 0 Å². The molecule has 0 aliphatic carbocycles. The maximum atomic E-state index is 12.8. The van der Waals surface area contributed by atoms with Crippen molar-refractivity contribution >= 4 is 34.1 Å². The topological polar surface area (TPSA) is 71.1 Å². The van der Waals surface area contributed by atoms with Gasteiger partial charge in [-0.2, -0.15) is 0 Å². The summed E-state index contributed by atoms with van der Waals surface area (Å²) in [4.78, 5) is 29.9. The smallest absolute Gasteiger partial charge is 0.255 e. The second-order valence-corrected chi connectivity index (χ2v) is 7.19. The maximum Gasteiger partial charge on any atom is 0.255 e. The zero-order valence-corrected chi connectivity index (χ0v) is 16.8. The summed E-state index contributed by atoms with van der Waals surface area (Å²) in [6.45, 7) is 3.96. The Labute approximate surface area is 174 Å². The minimum Gasteiger partial charge on any atom is -0.322 e. The van der Waals surface area contributed by atoms with Crippen molar-refractivity contribution in [2.24, 2.45) is 0 Å². The molecule has 30 heavy (non-hydrogen) atoms. The van der Waals surface area contributed by atoms with Gasteiger partial charge in [0, 0.05) is 28.4 Å². The van der Waals surface area contributed by atoms with Gasteiger partial charge < -0.3 is 10.6 Å². The molecule has 5 nitrogen and oxygen atoms in total. The number of pyridine rings is 1. The lowest BCUT2D eigenvalue weighted by atomic mass is 10.1. The van der Waals surface area contributed by atoms with Gasteiger partial charge in [-0.3, -0.25) is 14.6 Å². The highest BCUT2D eigenvalue weighted by atomic mass is 16.2. The van der Waals surface area contributed by atoms with E-state index in [-0.39, 0.29) is 11.8 Å². The Balaban J connectivity index is 1.55. The van der Waals surface area contributed by atoms with Crippen LogP contribution in [0.3, 0.4) is 0 Å². The van der Waals surface area contributed by atoms with Gasteiger partial charge >= 0.3 is 0 Å². The molecular formula is C25H21N3O2. The summed E-state index contributed by atoms with van der Waals surface area (Å²) in [5, 5.41) is 6.75. The summed E-state index contributed by atoms with van der Waals surface area (Å²) in [7, 11) is 0. The van der Waals surface area contributed by atoms with E-state index in [0.717, 1.165) is 27.7 Å². The lowest BCUT2D eigenvalue weighted by Crippen LogP contribution is -2.16. The summed E-state index contributed by atoms with van der Waals surface area (Å²) in [6, 6.07) is 21.9. The summed E-state index contributed by atoms with van der Waals surface area (Å²) in [6.07, 6.45) is 1.69. The van der Waals surface area contributed by atoms with Crippen LogP contribution in [0.5, 0.6) is 0 Å². The van der Waals surface area contributed by atoms with E-state index in [4.69, 9.17) is 0 Å². The third-order valence-electron chi connectivity index (χ3n) is 4.90. The zero-order chi connectivity index (χ0) is 21.1. The number of hydrogen-bond acceptors (Lipinski definition) is 3. The van der Waals surface area contributed by atoms with Crippen LogP contribution >= 0.6 is 0 Å². The highest BCUT2D eigenvalue weighted by molar-refractivity contribution is 6.10. The van der Waals surface area contributed by atoms with Gasteiger partial charge in [0.1, 0.15) is 0 Å². The van der Waals surface area contributed by atoms with E-state index in [1.54, 1.807) is 30.5 Å². The maximum absolute atomic E-state index is 12.8. The molecule has 0 aliphatic heterocycles. The SMILES string of the molecule is Cc1ccc(NC(=O)c2cccc(C(=O)Nc3cccc4cccnc34)c2)c(C)c1. The molecule has 4 aromatic rings. The monoisotopic (exact) mass is 395 g/mol. The fourth-order valence-corrected chi connectivity index (χ4v) is 3.35. The normalized spacial score (nSPS) is 10.6. The molecule has 1 aromatic heterocycles. The number of anilines is 2. The van der Waals surface area contributed by atoms with Crippen molar-refractivity contribution in [1.82, 2.24) is 4.98 Å². The first-order valence-electron chi connectivity index (χ1n) is 9.65. The van der Waals surface area contributed by atoms with E-state index in [1.165, 1.54) is 0 Å². The van der Waals surface area contributed by atoms with Crippen molar-refractivity contribution in [2.75, 3.05) is 10.6 Å². The van der Waals surface area contributed by atoms with Gasteiger partial charge in [-0.25, -0.2) is 0 Å². The molecule has 2 N–H and O–H groups in total. The van der Waals surface area contributed by atoms with E-state index in [0.29, 0.717) is 16.8 Å². The van der Waals surface area contributed by atoms with Crippen molar-refractivity contribution in [1.29, 1.82) is 0 Å². The number of rotatable bonds is 4. The first-order valence-corrected chi connectivity index (χ1v) is 9.65. The van der Waals surface area contributed by atoms with Crippen LogP contribution in [-0.2, 0) is 0 Å². The lowest BCUT2D eigenvalue weighted by Gasteiger charge is -2.11. The molecule has 3 aromatic carbocycles. The average Bonchev–Trinajstić information content (AvgIpc) is 2.76. The molecule has 0 atom stereocenters. The number of hydrogen-bond donors (Lipinski definition) is 2. The molecule has 5 heteroatoms. The van der Waals surface area contributed by atoms with E-state index in [1.807, 2.05) is 62.4 Å². The van der Waals surface area contributed by atoms with Crippen molar-refractivity contribution in [3.63, 3.8) is 0 Å². The molecule has 2 amide bonds. The van der Waals surface area contributed by atoms with Crippen molar-refractivity contribution in [3.05, 3.63) is 101 Å². The average molecular weight is 395 g/mol. The Kier molecular flexibility index (Phi) is 5.26. The quantitative estimate of drug-likeness (QED) is 0.489. The first kappa shape index (κ1) is 19.3. The standard InChI is InChI=1S/C25H21N3O2/c1-16-11-12-21(17(2)14-16)27-24(29)19-7-3-8-20(15-19)25(30)28-22-10-4-6-18-9-5-13-26-23(18)22/h3-15H,1-2H3,(H,27,29)(H,28,30). The van der Waals surface area contributed by atoms with Crippen LogP contribution in [0.2, 0.25) is 0 Å². The minimum absolute atomic E-state index is 0.261. The second-order valence-electron chi connectivity index (χ2n) is 7.19. The summed E-state index contributed by atoms with van der Waals surface area (Å²) >= 11 is 0. The van der Waals surface area contributed by atoms with Gasteiger partial charge in [0.15, 0.2) is 0 Å². The van der Waals surface area contributed by atoms with Gasteiger partial charge in [-0.1, -0.05) is 42.0 Å². The van der Waals surface area contributed by atoms with Gasteiger partial charge in [0.05, 0.1) is 11.2 Å². The van der Waals surface area contributed by atoms with E-state index in [2.05, 4.69) is 15.6 Å². The highest BCUT2D eigenvalue weighted by Crippen LogP contribution is 2.22. The number of nitrogens with one attached hydrogen (secondary N) is 2. The number of carbonyl (C=O) groups excluding carboxylic acids is 2. The summed E-state index contributed by atoms with van der Waals surface area (Å²) < 4.78 is 0. The molecular weight excluding hydrogens is 374 g/mol. The van der Waals surface area contributed by atoms with Crippen LogP contribution in [0.25, 0.3) is 10.9 Å². The van der Waals surface area contributed by atoms with Crippen molar-refractivity contribution in [2.45, 2.75) is 13.8 Å². The summed E-state index contributed by atoms with van der Waals surface area (Å²) in [5.74, 6) is -0.558. The molecule has 0 unspecified atom stereocenters. The molecule has 0 fully saturated rings. The Bertz CT molecular complexity index is 1260. The van der Waals surface area contributed by atoms with Gasteiger partial charge in [0.25, 0.3) is 11.8 Å². The molecule has 0 spiro atoms. The minimum atomic E-state index is -0.297. The van der Waals surface area contributed by atoms with E-state index in [9.17, 15) is 9.59 Å². The van der Waals surface area contributed by atoms with E-state index >= 15 is 0 Å². The third kappa shape index (κ3) is 4.05.